The second-order valence-corrected chi connectivity index (χ2v) is 5.97. The number of urea groups is 1. The fourth-order valence-electron chi connectivity index (χ4n) is 2.96. The fourth-order valence-corrected chi connectivity index (χ4v) is 2.96. The highest BCUT2D eigenvalue weighted by atomic mass is 16.2. The van der Waals surface area contributed by atoms with E-state index in [4.69, 9.17) is 0 Å². The third-order valence-electron chi connectivity index (χ3n) is 4.17. The van der Waals surface area contributed by atoms with E-state index in [1.165, 1.54) is 11.1 Å². The molecule has 1 aliphatic heterocycles. The van der Waals surface area contributed by atoms with Gasteiger partial charge in [-0.1, -0.05) is 24.3 Å². The molecule has 0 fully saturated rings. The van der Waals surface area contributed by atoms with Crippen molar-refractivity contribution in [2.45, 2.75) is 19.9 Å². The van der Waals surface area contributed by atoms with Crippen LogP contribution in [0.2, 0.25) is 0 Å². The molecular weight excluding hydrogens is 290 g/mol. The van der Waals surface area contributed by atoms with Crippen LogP contribution in [-0.2, 0) is 20.0 Å². The average molecular weight is 313 g/mol. The Bertz CT molecular complexity index is 694. The lowest BCUT2D eigenvalue weighted by atomic mass is 10.00. The Labute approximate surface area is 136 Å². The van der Waals surface area contributed by atoms with E-state index in [0.717, 1.165) is 31.7 Å². The molecule has 23 heavy (non-hydrogen) atoms. The molecule has 0 aliphatic carbocycles. The molecule has 122 valence electrons. The molecule has 0 saturated carbocycles. The molecule has 2 N–H and O–H groups in total. The minimum atomic E-state index is -0.189. The number of nitrogens with one attached hydrogen (secondary N) is 2. The maximum Gasteiger partial charge on any atom is 0.320 e. The number of nitrogens with zero attached hydrogens (tertiary/aromatic N) is 3. The van der Waals surface area contributed by atoms with Gasteiger partial charge >= 0.3 is 6.03 Å². The van der Waals surface area contributed by atoms with Crippen LogP contribution < -0.4 is 10.6 Å². The molecule has 0 bridgehead atoms. The van der Waals surface area contributed by atoms with E-state index in [1.807, 2.05) is 20.0 Å². The summed E-state index contributed by atoms with van der Waals surface area (Å²) < 4.78 is 1.66. The smallest absolute Gasteiger partial charge is 0.320 e. The summed E-state index contributed by atoms with van der Waals surface area (Å²) in [4.78, 5) is 14.3. The van der Waals surface area contributed by atoms with Gasteiger partial charge in [0.1, 0.15) is 5.82 Å². The lowest BCUT2D eigenvalue weighted by Gasteiger charge is -2.28. The van der Waals surface area contributed by atoms with E-state index in [2.05, 4.69) is 44.9 Å². The topological polar surface area (TPSA) is 62.2 Å². The zero-order valence-electron chi connectivity index (χ0n) is 13.7. The Kier molecular flexibility index (Phi) is 4.62. The normalized spacial score (nSPS) is 14.3. The van der Waals surface area contributed by atoms with Crippen LogP contribution in [0.4, 0.5) is 10.6 Å². The molecule has 0 saturated heterocycles. The lowest BCUT2D eigenvalue weighted by Crippen LogP contribution is -2.39. The molecular formula is C17H23N5O. The Morgan fingerprint density at radius 1 is 1.30 bits per heavy atom. The van der Waals surface area contributed by atoms with Crippen molar-refractivity contribution in [1.29, 1.82) is 0 Å². The van der Waals surface area contributed by atoms with Crippen molar-refractivity contribution in [3.63, 3.8) is 0 Å². The van der Waals surface area contributed by atoms with E-state index in [9.17, 15) is 4.79 Å². The molecule has 6 heteroatoms. The van der Waals surface area contributed by atoms with Gasteiger partial charge in [0.25, 0.3) is 0 Å². The molecule has 2 amide bonds. The molecule has 3 rings (SSSR count). The van der Waals surface area contributed by atoms with Crippen molar-refractivity contribution >= 4 is 11.8 Å². The van der Waals surface area contributed by atoms with Crippen LogP contribution >= 0.6 is 0 Å². The van der Waals surface area contributed by atoms with E-state index in [-0.39, 0.29) is 6.03 Å². The van der Waals surface area contributed by atoms with Crippen molar-refractivity contribution in [1.82, 2.24) is 20.0 Å². The van der Waals surface area contributed by atoms with Crippen molar-refractivity contribution in [3.8, 4) is 0 Å². The molecule has 0 spiro atoms. The molecule has 2 heterocycles. The zero-order valence-corrected chi connectivity index (χ0v) is 13.7. The first-order valence-electron chi connectivity index (χ1n) is 7.96. The number of amides is 2. The largest absolute Gasteiger partial charge is 0.337 e. The number of carbonyl (C=O) groups excluding carboxylic acids is 1. The molecule has 0 unspecified atom stereocenters. The molecule has 6 nitrogen and oxygen atoms in total. The van der Waals surface area contributed by atoms with Crippen LogP contribution in [0.1, 0.15) is 16.8 Å². The summed E-state index contributed by atoms with van der Waals surface area (Å²) in [7, 11) is 1.81. The Morgan fingerprint density at radius 2 is 2.09 bits per heavy atom. The summed E-state index contributed by atoms with van der Waals surface area (Å²) in [5.74, 6) is 0.701. The predicted octanol–water partition coefficient (Wildman–Crippen LogP) is 1.91. The second-order valence-electron chi connectivity index (χ2n) is 5.97. The number of fused-ring (bicyclic) bond motifs is 1. The lowest BCUT2D eigenvalue weighted by molar-refractivity contribution is 0.239. The number of hydrogen-bond acceptors (Lipinski definition) is 3. The first-order chi connectivity index (χ1) is 11.1. The monoisotopic (exact) mass is 313 g/mol. The standard InChI is InChI=1S/C17H23N5O/c1-13-11-16(21(2)20-13)19-17(23)18-8-10-22-9-7-14-5-3-4-6-15(14)12-22/h3-6,11H,7-10,12H2,1-2H3,(H2,18,19,23). The van der Waals surface area contributed by atoms with Crippen molar-refractivity contribution in [2.75, 3.05) is 25.0 Å². The third-order valence-corrected chi connectivity index (χ3v) is 4.17. The Hall–Kier alpha value is -2.34. The van der Waals surface area contributed by atoms with Gasteiger partial charge in [-0.2, -0.15) is 5.10 Å². The van der Waals surface area contributed by atoms with Crippen LogP contribution in [0.25, 0.3) is 0 Å². The number of aryl methyl sites for hydroxylation is 2. The van der Waals surface area contributed by atoms with Gasteiger partial charge in [-0.05, 0) is 24.5 Å². The average Bonchev–Trinajstić information content (AvgIpc) is 2.84. The Balaban J connectivity index is 1.43. The summed E-state index contributed by atoms with van der Waals surface area (Å²) >= 11 is 0. The van der Waals surface area contributed by atoms with Crippen LogP contribution in [0.15, 0.2) is 30.3 Å². The maximum absolute atomic E-state index is 11.9. The van der Waals surface area contributed by atoms with E-state index < -0.39 is 0 Å². The molecule has 0 radical (unpaired) electrons. The van der Waals surface area contributed by atoms with Gasteiger partial charge in [0.2, 0.25) is 0 Å². The minimum absolute atomic E-state index is 0.189. The van der Waals surface area contributed by atoms with Crippen LogP contribution in [-0.4, -0.2) is 40.3 Å². The van der Waals surface area contributed by atoms with Gasteiger partial charge in [0.15, 0.2) is 0 Å². The minimum Gasteiger partial charge on any atom is -0.337 e. The number of anilines is 1. The summed E-state index contributed by atoms with van der Waals surface area (Å²) in [6, 6.07) is 10.2. The van der Waals surface area contributed by atoms with Crippen LogP contribution in [0.3, 0.4) is 0 Å². The summed E-state index contributed by atoms with van der Waals surface area (Å²) in [5.41, 5.74) is 3.73. The number of aromatic nitrogens is 2. The SMILES string of the molecule is Cc1cc(NC(=O)NCCN2CCc3ccccc3C2)n(C)n1. The second kappa shape index (κ2) is 6.83. The van der Waals surface area contributed by atoms with E-state index in [1.54, 1.807) is 4.68 Å². The van der Waals surface area contributed by atoms with Crippen molar-refractivity contribution in [2.24, 2.45) is 7.05 Å². The first kappa shape index (κ1) is 15.6. The van der Waals surface area contributed by atoms with Gasteiger partial charge < -0.3 is 5.32 Å². The highest BCUT2D eigenvalue weighted by molar-refractivity contribution is 5.88. The first-order valence-corrected chi connectivity index (χ1v) is 7.96. The molecule has 1 aromatic heterocycles. The van der Waals surface area contributed by atoms with Gasteiger partial charge in [0, 0.05) is 39.3 Å². The number of carbonyl (C=O) groups is 1. The highest BCUT2D eigenvalue weighted by Crippen LogP contribution is 2.17. The predicted molar refractivity (Wildman–Crippen MR) is 90.4 cm³/mol. The van der Waals surface area contributed by atoms with Crippen molar-refractivity contribution < 1.29 is 4.79 Å². The van der Waals surface area contributed by atoms with Gasteiger partial charge in [-0.25, -0.2) is 4.79 Å². The van der Waals surface area contributed by atoms with Crippen molar-refractivity contribution in [3.05, 3.63) is 47.2 Å². The van der Waals surface area contributed by atoms with Crippen LogP contribution in [0.5, 0.6) is 0 Å². The van der Waals surface area contributed by atoms with Gasteiger partial charge in [-0.3, -0.25) is 14.9 Å². The van der Waals surface area contributed by atoms with E-state index >= 15 is 0 Å². The van der Waals surface area contributed by atoms with Crippen LogP contribution in [0, 0.1) is 6.92 Å². The molecule has 1 aromatic carbocycles. The number of benzene rings is 1. The number of rotatable bonds is 4. The fraction of sp³-hybridized carbons (Fsp3) is 0.412. The van der Waals surface area contributed by atoms with Gasteiger partial charge in [0.05, 0.1) is 5.69 Å². The molecule has 0 atom stereocenters. The highest BCUT2D eigenvalue weighted by Gasteiger charge is 2.15. The quantitative estimate of drug-likeness (QED) is 0.906. The summed E-state index contributed by atoms with van der Waals surface area (Å²) in [6.45, 7) is 5.38. The third kappa shape index (κ3) is 3.90. The number of hydrogen-bond donors (Lipinski definition) is 2. The molecule has 1 aliphatic rings. The molecule has 2 aromatic rings. The maximum atomic E-state index is 11.9. The Morgan fingerprint density at radius 3 is 2.83 bits per heavy atom. The summed E-state index contributed by atoms with van der Waals surface area (Å²) in [6.07, 6.45) is 1.08. The zero-order chi connectivity index (χ0) is 16.2. The van der Waals surface area contributed by atoms with E-state index in [0.29, 0.717) is 12.4 Å². The van der Waals surface area contributed by atoms with Gasteiger partial charge in [-0.15, -0.1) is 0 Å². The summed E-state index contributed by atoms with van der Waals surface area (Å²) in [5, 5.41) is 9.93.